The van der Waals surface area contributed by atoms with Gasteiger partial charge in [-0.3, -0.25) is 0 Å². The van der Waals surface area contributed by atoms with Crippen molar-refractivity contribution in [1.82, 2.24) is 9.80 Å². The maximum Gasteiger partial charge on any atom is 0.0970 e. The van der Waals surface area contributed by atoms with Crippen molar-refractivity contribution in [2.24, 2.45) is 0 Å². The first-order valence-corrected chi connectivity index (χ1v) is 4.39. The first-order valence-electron chi connectivity index (χ1n) is 4.39. The summed E-state index contributed by atoms with van der Waals surface area (Å²) in [6.45, 7) is 13.1. The van der Waals surface area contributed by atoms with Crippen molar-refractivity contribution in [3.05, 3.63) is 12.4 Å². The maximum atomic E-state index is 4.06. The molecule has 2 nitrogen and oxygen atoms in total. The van der Waals surface area contributed by atoms with Crippen LogP contribution >= 0.6 is 0 Å². The number of rotatable bonds is 0. The standard InChI is InChI=1S/C10H20N2/c1-8-11(6)9(2,3)10(4,5)12(8)7/h1H2,2-7H3. The number of likely N-dealkylation sites (N-methyl/N-ethyl adjacent to an activating group) is 2. The second kappa shape index (κ2) is 2.18. The second-order valence-electron chi connectivity index (χ2n) is 4.65. The molecule has 1 rings (SSSR count). The van der Waals surface area contributed by atoms with Gasteiger partial charge >= 0.3 is 0 Å². The Balaban J connectivity index is 3.14. The topological polar surface area (TPSA) is 6.48 Å². The minimum absolute atomic E-state index is 0.152. The lowest BCUT2D eigenvalue weighted by Crippen LogP contribution is -2.52. The minimum atomic E-state index is 0.152. The SMILES string of the molecule is C=C1N(C)C(C)(C)C(C)(C)N1C. The van der Waals surface area contributed by atoms with Crippen LogP contribution in [-0.2, 0) is 0 Å². The van der Waals surface area contributed by atoms with E-state index in [-0.39, 0.29) is 11.1 Å². The zero-order chi connectivity index (χ0) is 9.73. The lowest BCUT2D eigenvalue weighted by Gasteiger charge is -2.40. The van der Waals surface area contributed by atoms with E-state index in [0.717, 1.165) is 5.82 Å². The van der Waals surface area contributed by atoms with Crippen molar-refractivity contribution in [3.63, 3.8) is 0 Å². The highest BCUT2D eigenvalue weighted by Crippen LogP contribution is 2.42. The fourth-order valence-corrected chi connectivity index (χ4v) is 1.69. The summed E-state index contributed by atoms with van der Waals surface area (Å²) in [4.78, 5) is 4.49. The van der Waals surface area contributed by atoms with E-state index in [2.05, 4.69) is 58.2 Å². The first kappa shape index (κ1) is 9.43. The normalized spacial score (nSPS) is 26.7. The molecule has 0 amide bonds. The van der Waals surface area contributed by atoms with Crippen LogP contribution in [0.4, 0.5) is 0 Å². The van der Waals surface area contributed by atoms with E-state index >= 15 is 0 Å². The van der Waals surface area contributed by atoms with Crippen LogP contribution in [0.1, 0.15) is 27.7 Å². The molecule has 2 heteroatoms. The monoisotopic (exact) mass is 168 g/mol. The molecular formula is C10H20N2. The van der Waals surface area contributed by atoms with Gasteiger partial charge < -0.3 is 9.80 Å². The smallest absolute Gasteiger partial charge is 0.0970 e. The summed E-state index contributed by atoms with van der Waals surface area (Å²) < 4.78 is 0. The van der Waals surface area contributed by atoms with Gasteiger partial charge in [-0.25, -0.2) is 0 Å². The molecule has 0 aliphatic carbocycles. The molecule has 1 aliphatic heterocycles. The van der Waals surface area contributed by atoms with Crippen LogP contribution in [0.25, 0.3) is 0 Å². The second-order valence-corrected chi connectivity index (χ2v) is 4.65. The lowest BCUT2D eigenvalue weighted by atomic mass is 9.83. The fourth-order valence-electron chi connectivity index (χ4n) is 1.69. The molecule has 1 fully saturated rings. The Bertz CT molecular complexity index is 194. The van der Waals surface area contributed by atoms with Crippen LogP contribution in [0.3, 0.4) is 0 Å². The van der Waals surface area contributed by atoms with Crippen LogP contribution < -0.4 is 0 Å². The summed E-state index contributed by atoms with van der Waals surface area (Å²) >= 11 is 0. The van der Waals surface area contributed by atoms with Gasteiger partial charge in [-0.1, -0.05) is 6.58 Å². The van der Waals surface area contributed by atoms with Crippen molar-refractivity contribution in [2.75, 3.05) is 14.1 Å². The lowest BCUT2D eigenvalue weighted by molar-refractivity contribution is 0.134. The molecule has 0 aromatic rings. The van der Waals surface area contributed by atoms with E-state index in [4.69, 9.17) is 0 Å². The van der Waals surface area contributed by atoms with Gasteiger partial charge in [-0.05, 0) is 27.7 Å². The Kier molecular flexibility index (Phi) is 1.71. The van der Waals surface area contributed by atoms with Gasteiger partial charge in [0.15, 0.2) is 0 Å². The molecule has 0 aromatic heterocycles. The molecule has 0 aromatic carbocycles. The Hall–Kier alpha value is -0.660. The summed E-state index contributed by atoms with van der Waals surface area (Å²) in [5, 5.41) is 0. The third-order valence-corrected chi connectivity index (χ3v) is 3.95. The molecule has 0 N–H and O–H groups in total. The van der Waals surface area contributed by atoms with E-state index in [0.29, 0.717) is 0 Å². The Morgan fingerprint density at radius 3 is 1.25 bits per heavy atom. The molecule has 0 saturated carbocycles. The highest BCUT2D eigenvalue weighted by molar-refractivity contribution is 5.18. The fraction of sp³-hybridized carbons (Fsp3) is 0.800. The average Bonchev–Trinajstić information content (AvgIpc) is 2.05. The van der Waals surface area contributed by atoms with Crippen LogP contribution in [0.5, 0.6) is 0 Å². The van der Waals surface area contributed by atoms with Crippen molar-refractivity contribution >= 4 is 0 Å². The molecule has 1 aliphatic rings. The van der Waals surface area contributed by atoms with Crippen LogP contribution in [0.2, 0.25) is 0 Å². The van der Waals surface area contributed by atoms with Crippen molar-refractivity contribution < 1.29 is 0 Å². The van der Waals surface area contributed by atoms with E-state index in [1.165, 1.54) is 0 Å². The van der Waals surface area contributed by atoms with Gasteiger partial charge in [0.1, 0.15) is 0 Å². The Morgan fingerprint density at radius 1 is 0.917 bits per heavy atom. The van der Waals surface area contributed by atoms with Gasteiger partial charge in [0.05, 0.1) is 16.9 Å². The molecule has 0 radical (unpaired) electrons. The van der Waals surface area contributed by atoms with Crippen molar-refractivity contribution in [2.45, 2.75) is 38.8 Å². The van der Waals surface area contributed by atoms with Crippen molar-refractivity contribution in [1.29, 1.82) is 0 Å². The van der Waals surface area contributed by atoms with Gasteiger partial charge in [0.2, 0.25) is 0 Å². The minimum Gasteiger partial charge on any atom is -0.354 e. The van der Waals surface area contributed by atoms with Crippen molar-refractivity contribution in [3.8, 4) is 0 Å². The summed E-state index contributed by atoms with van der Waals surface area (Å²) in [6, 6.07) is 0. The molecule has 0 unspecified atom stereocenters. The summed E-state index contributed by atoms with van der Waals surface area (Å²) in [5.74, 6) is 1.10. The predicted octanol–water partition coefficient (Wildman–Crippen LogP) is 1.89. The summed E-state index contributed by atoms with van der Waals surface area (Å²) in [5.41, 5.74) is 0.303. The maximum absolute atomic E-state index is 4.06. The quantitative estimate of drug-likeness (QED) is 0.545. The molecule has 12 heavy (non-hydrogen) atoms. The van der Waals surface area contributed by atoms with Gasteiger partial charge in [0, 0.05) is 14.1 Å². The van der Waals surface area contributed by atoms with E-state index < -0.39 is 0 Å². The molecule has 0 spiro atoms. The molecule has 0 bridgehead atoms. The van der Waals surface area contributed by atoms with Crippen LogP contribution in [0, 0.1) is 0 Å². The zero-order valence-corrected chi connectivity index (χ0v) is 9.10. The van der Waals surface area contributed by atoms with E-state index in [1.54, 1.807) is 0 Å². The van der Waals surface area contributed by atoms with E-state index in [1.807, 2.05) is 0 Å². The van der Waals surface area contributed by atoms with Crippen LogP contribution in [0.15, 0.2) is 12.4 Å². The first-order chi connectivity index (χ1) is 5.23. The van der Waals surface area contributed by atoms with Crippen LogP contribution in [-0.4, -0.2) is 35.0 Å². The van der Waals surface area contributed by atoms with Gasteiger partial charge in [-0.2, -0.15) is 0 Å². The predicted molar refractivity (Wildman–Crippen MR) is 52.8 cm³/mol. The third-order valence-electron chi connectivity index (χ3n) is 3.95. The molecule has 1 heterocycles. The Morgan fingerprint density at radius 2 is 1.17 bits per heavy atom. The average molecular weight is 168 g/mol. The molecular weight excluding hydrogens is 148 g/mol. The van der Waals surface area contributed by atoms with Gasteiger partial charge in [-0.15, -0.1) is 0 Å². The number of hydrogen-bond acceptors (Lipinski definition) is 2. The van der Waals surface area contributed by atoms with E-state index in [9.17, 15) is 0 Å². The Labute approximate surface area is 75.8 Å². The summed E-state index contributed by atoms with van der Waals surface area (Å²) in [6.07, 6.45) is 0. The zero-order valence-electron chi connectivity index (χ0n) is 9.10. The highest BCUT2D eigenvalue weighted by atomic mass is 15.5. The number of hydrogen-bond donors (Lipinski definition) is 0. The molecule has 1 saturated heterocycles. The molecule has 0 atom stereocenters. The summed E-state index contributed by atoms with van der Waals surface area (Å²) in [7, 11) is 4.21. The van der Waals surface area contributed by atoms with Gasteiger partial charge in [0.25, 0.3) is 0 Å². The molecule has 70 valence electrons. The number of nitrogens with zero attached hydrogens (tertiary/aromatic N) is 2. The highest BCUT2D eigenvalue weighted by Gasteiger charge is 2.50. The largest absolute Gasteiger partial charge is 0.354 e. The third kappa shape index (κ3) is 0.809.